The number of halogens is 5. The number of hydrogen-bond donors (Lipinski definition) is 2. The van der Waals surface area contributed by atoms with Crippen molar-refractivity contribution in [3.8, 4) is 23.4 Å². The van der Waals surface area contributed by atoms with Crippen LogP contribution < -0.4 is 43.3 Å². The van der Waals surface area contributed by atoms with Gasteiger partial charge in [0.2, 0.25) is 0 Å². The Morgan fingerprint density at radius 2 is 0.825 bits per heavy atom. The van der Waals surface area contributed by atoms with Crippen LogP contribution in [0.4, 0.5) is 11.4 Å². The van der Waals surface area contributed by atoms with Gasteiger partial charge in [0.1, 0.15) is 17.6 Å². The number of rotatable bonds is 10. The van der Waals surface area contributed by atoms with Crippen molar-refractivity contribution >= 4 is 153 Å². The fraction of sp³-hybridized carbons (Fsp3) is 0.156. The second kappa shape index (κ2) is 41.3. The normalized spacial score (nSPS) is 10.0. The summed E-state index contributed by atoms with van der Waals surface area (Å²) < 4.78 is 10.6. The van der Waals surface area contributed by atoms with E-state index in [1.807, 2.05) is 36.4 Å². The van der Waals surface area contributed by atoms with Crippen LogP contribution in [0.1, 0.15) is 54.0 Å². The number of nitrogen functional groups attached to an aromatic ring is 2. The summed E-state index contributed by atoms with van der Waals surface area (Å²) in [5.41, 5.74) is 19.6. The van der Waals surface area contributed by atoms with Crippen molar-refractivity contribution in [3.63, 3.8) is 0 Å². The minimum absolute atomic E-state index is 0.0478. The Morgan fingerprint density at radius 3 is 1.07 bits per heavy atom. The Labute approximate surface area is 522 Å². The first kappa shape index (κ1) is 71.4. The minimum Gasteiger partial charge on any atom is -0.0622 e. The van der Waals surface area contributed by atoms with Crippen LogP contribution in [-0.4, -0.2) is 42.7 Å². The molecule has 8 aromatic carbocycles. The van der Waals surface area contributed by atoms with Crippen molar-refractivity contribution in [3.05, 3.63) is 237 Å². The van der Waals surface area contributed by atoms with E-state index in [9.17, 15) is 9.59 Å². The molecular weight excluding hydrogens is 1350 g/mol. The van der Waals surface area contributed by atoms with Gasteiger partial charge in [0, 0.05) is 20.5 Å². The van der Waals surface area contributed by atoms with Crippen LogP contribution in [0.2, 0.25) is 36.2 Å². The summed E-state index contributed by atoms with van der Waals surface area (Å²) in [6.45, 7) is 16.6. The quantitative estimate of drug-likeness (QED) is 0.0353. The fourth-order valence-electron chi connectivity index (χ4n) is 6.60. The molecule has 0 bridgehead atoms. The number of anilines is 2. The molecule has 0 saturated carbocycles. The molecule has 0 fully saturated rings. The molecule has 16 heteroatoms. The van der Waals surface area contributed by atoms with E-state index in [1.165, 1.54) is 31.8 Å². The summed E-state index contributed by atoms with van der Waals surface area (Å²) in [6, 6.07) is 71.0. The van der Waals surface area contributed by atoms with Gasteiger partial charge in [0.15, 0.2) is 0 Å². The van der Waals surface area contributed by atoms with Gasteiger partial charge in [-0.05, 0) is 108 Å². The summed E-state index contributed by atoms with van der Waals surface area (Å²) in [4.78, 5) is 23.1. The van der Waals surface area contributed by atoms with Gasteiger partial charge in [0.25, 0.3) is 0 Å². The largest absolute Gasteiger partial charge is 0.0622 e. The molecule has 8 rings (SSSR count). The molecule has 0 aliphatic rings. The maximum atomic E-state index is 11.7. The first-order chi connectivity index (χ1) is 38.5. The van der Waals surface area contributed by atoms with Crippen LogP contribution in [0.5, 0.6) is 0 Å². The number of hydrogen-bond acceptors (Lipinski definition) is 6. The van der Waals surface area contributed by atoms with Gasteiger partial charge in [-0.2, -0.15) is 0 Å². The van der Waals surface area contributed by atoms with Crippen LogP contribution in [0, 0.1) is 27.0 Å². The zero-order chi connectivity index (χ0) is 59.3. The molecular formula is C64H69Cl4IN2O4P2PdSi2. The standard InChI is InChI=1S/2C18H15P.C14H18ClNO2Si.C9H9ClINO2.C3H6Si.C2H6.2ClH.Pd/c2*1-4-10-16(11-5-1)19(17-12-6-2-7-13-17)18-14-8-3-9-15-18;1-5-18-14(17)11-8-10(6-7-19(2,3)4)13(16)9-12(11)15;1-2-14-9(13)5-3-7(11)8(12)4-6(5)10;1-3-4-2;1-2;;;/h2*1-15H;8-9H,5,16H2,1-4H3;3-4H,2,12H2,1H3;1H,4H2,2H3;1-2H3;2*1H;/q;;;;;;;;+2/p-2. The second-order valence-electron chi connectivity index (χ2n) is 17.0. The molecule has 4 N–H and O–H groups in total. The van der Waals surface area contributed by atoms with Crippen LogP contribution in [-0.2, 0) is 25.4 Å². The molecule has 0 heterocycles. The van der Waals surface area contributed by atoms with Crippen molar-refractivity contribution in [1.82, 2.24) is 0 Å². The summed E-state index contributed by atoms with van der Waals surface area (Å²) in [5.74, 6) is 2.16. The monoisotopic (exact) mass is 1420 g/mol. The van der Waals surface area contributed by atoms with E-state index in [4.69, 9.17) is 69.6 Å². The molecule has 0 aliphatic heterocycles. The van der Waals surface area contributed by atoms with E-state index in [-0.39, 0.29) is 30.5 Å². The average molecular weight is 1420 g/mol. The molecule has 0 aliphatic carbocycles. The van der Waals surface area contributed by atoms with Crippen molar-refractivity contribution in [1.29, 1.82) is 0 Å². The van der Waals surface area contributed by atoms with Gasteiger partial charge < -0.3 is 20.9 Å². The number of esters is 2. The Hall–Kier alpha value is -4.73. The second-order valence-corrected chi connectivity index (χ2v) is 31.6. The zero-order valence-electron chi connectivity index (χ0n) is 46.2. The summed E-state index contributed by atoms with van der Waals surface area (Å²) in [6.07, 6.45) is 4.84. The maximum absolute atomic E-state index is 11.7. The molecule has 0 saturated heterocycles. The van der Waals surface area contributed by atoms with E-state index in [0.29, 0.717) is 46.3 Å². The average Bonchev–Trinajstić information content (AvgIpc) is 3.47. The predicted octanol–water partition coefficient (Wildman–Crippen LogP) is 15.1. The molecule has 0 atom stereocenters. The summed E-state index contributed by atoms with van der Waals surface area (Å²) in [5, 5.41) is 9.00. The van der Waals surface area contributed by atoms with Crippen LogP contribution >= 0.6 is 80.7 Å². The maximum Gasteiger partial charge on any atom is -0.0134 e. The van der Waals surface area contributed by atoms with Crippen molar-refractivity contribution < 1.29 is 35.0 Å². The van der Waals surface area contributed by atoms with E-state index >= 15 is 0 Å². The molecule has 0 spiro atoms. The first-order valence-corrected chi connectivity index (χ1v) is 39.5. The Morgan fingerprint density at radius 1 is 0.562 bits per heavy atom. The smallest absolute Gasteiger partial charge is 0.0134 e. The van der Waals surface area contributed by atoms with Crippen molar-refractivity contribution in [2.75, 3.05) is 24.7 Å². The van der Waals surface area contributed by atoms with Gasteiger partial charge in [0.05, 0.1) is 34.4 Å². The molecule has 6 nitrogen and oxygen atoms in total. The first-order valence-electron chi connectivity index (χ1n) is 25.4. The number of carbonyl (C=O) groups is 2. The van der Waals surface area contributed by atoms with E-state index in [0.717, 1.165) is 3.57 Å². The molecule has 422 valence electrons. The zero-order valence-corrected chi connectivity index (χ0v) is 57.2. The van der Waals surface area contributed by atoms with Gasteiger partial charge >= 0.3 is 46.9 Å². The van der Waals surface area contributed by atoms with Crippen molar-refractivity contribution in [2.24, 2.45) is 0 Å². The van der Waals surface area contributed by atoms with Gasteiger partial charge in [-0.3, -0.25) is 0 Å². The van der Waals surface area contributed by atoms with E-state index in [2.05, 4.69) is 225 Å². The number of benzene rings is 8. The van der Waals surface area contributed by atoms with Gasteiger partial charge in [-0.15, -0.1) is 17.5 Å². The van der Waals surface area contributed by atoms with E-state index in [1.54, 1.807) is 38.1 Å². The third-order valence-electron chi connectivity index (χ3n) is 10.1. The topological polar surface area (TPSA) is 105 Å². The Balaban J connectivity index is 0.000000348. The summed E-state index contributed by atoms with van der Waals surface area (Å²) >= 11 is 13.8. The number of carbonyl (C=O) groups excluding carboxylic acids is 2. The van der Waals surface area contributed by atoms with Crippen molar-refractivity contribution in [2.45, 2.75) is 53.9 Å². The SMILES string of the molecule is C#C[SiH2]C.CC.CCOC(=O)c1cc(C#C[Si](C)(C)C)c(N)cc1Cl.CCOC(=O)c1cc(I)c(N)cc1Cl.[Cl][Pd][Cl].c1ccc(P(c2ccccc2)c2ccccc2)cc1.c1ccc(P(c2ccccc2)c2ccccc2)cc1. The molecule has 0 radical (unpaired) electrons. The third-order valence-corrected chi connectivity index (χ3v) is 17.8. The van der Waals surface area contributed by atoms with Gasteiger partial charge in [-0.1, -0.05) is 251 Å². The van der Waals surface area contributed by atoms with Crippen LogP contribution in [0.3, 0.4) is 0 Å². The third kappa shape index (κ3) is 26.5. The molecule has 0 unspecified atom stereocenters. The van der Waals surface area contributed by atoms with E-state index < -0.39 is 35.9 Å². The number of nitrogens with two attached hydrogens (primary N) is 2. The predicted molar refractivity (Wildman–Crippen MR) is 363 cm³/mol. The molecule has 8 aromatic rings. The van der Waals surface area contributed by atoms with Crippen LogP contribution in [0.25, 0.3) is 0 Å². The Kier molecular flexibility index (Phi) is 36.8. The Bertz CT molecular complexity index is 2840. The van der Waals surface area contributed by atoms with Gasteiger partial charge in [-0.25, -0.2) is 9.59 Å². The molecule has 0 aromatic heterocycles. The summed E-state index contributed by atoms with van der Waals surface area (Å²) in [7, 11) is 7.19. The van der Waals surface area contributed by atoms with Crippen LogP contribution in [0.15, 0.2) is 206 Å². The molecule has 0 amide bonds. The number of terminal acetylenes is 1. The number of ether oxygens (including phenoxy) is 2. The molecule has 80 heavy (non-hydrogen) atoms. The fourth-order valence-corrected chi connectivity index (χ4v) is 12.7. The minimum atomic E-state index is -1.50.